The van der Waals surface area contributed by atoms with Crippen molar-refractivity contribution in [1.82, 2.24) is 0 Å². The zero-order valence-corrected chi connectivity index (χ0v) is 16.0. The van der Waals surface area contributed by atoms with Crippen LogP contribution in [0.15, 0.2) is 89.9 Å². The topological polar surface area (TPSA) is 36.1 Å². The molecule has 1 atom stereocenters. The van der Waals surface area contributed by atoms with Crippen LogP contribution in [0.2, 0.25) is 0 Å². The minimum atomic E-state index is -0.798. The Bertz CT molecular complexity index is 995. The van der Waals surface area contributed by atoms with Gasteiger partial charge < -0.3 is 0 Å². The van der Waals surface area contributed by atoms with Crippen LogP contribution in [0.3, 0.4) is 0 Å². The van der Waals surface area contributed by atoms with Crippen LogP contribution in [-0.4, -0.2) is 11.5 Å². The lowest BCUT2D eigenvalue weighted by Crippen LogP contribution is -2.45. The second kappa shape index (κ2) is 6.72. The molecular formula is C24H20N2S. The van der Waals surface area contributed by atoms with Crippen molar-refractivity contribution in [2.75, 3.05) is 5.75 Å². The van der Waals surface area contributed by atoms with Gasteiger partial charge in [0.05, 0.1) is 22.9 Å². The third-order valence-corrected chi connectivity index (χ3v) is 6.03. The summed E-state index contributed by atoms with van der Waals surface area (Å²) in [6.07, 6.45) is 0. The molecule has 0 spiro atoms. The number of thiol groups is 1. The number of hydrogen-bond acceptors (Lipinski definition) is 3. The number of nitriles is 1. The van der Waals surface area contributed by atoms with E-state index in [0.29, 0.717) is 5.75 Å². The van der Waals surface area contributed by atoms with Gasteiger partial charge in [0.1, 0.15) is 5.41 Å². The third-order valence-electron chi connectivity index (χ3n) is 5.39. The third kappa shape index (κ3) is 2.52. The van der Waals surface area contributed by atoms with Crippen molar-refractivity contribution in [3.8, 4) is 6.07 Å². The molecule has 0 saturated heterocycles. The Morgan fingerprint density at radius 1 is 0.889 bits per heavy atom. The second-order valence-electron chi connectivity index (χ2n) is 7.06. The average Bonchev–Trinajstić information content (AvgIpc) is 3.11. The first-order chi connectivity index (χ1) is 13.2. The van der Waals surface area contributed by atoms with Gasteiger partial charge in [0.25, 0.3) is 0 Å². The molecule has 1 heterocycles. The van der Waals surface area contributed by atoms with Gasteiger partial charge in [-0.1, -0.05) is 78.9 Å². The molecule has 1 aliphatic heterocycles. The Balaban J connectivity index is 2.15. The van der Waals surface area contributed by atoms with Crippen LogP contribution < -0.4 is 0 Å². The van der Waals surface area contributed by atoms with E-state index < -0.39 is 10.8 Å². The summed E-state index contributed by atoms with van der Waals surface area (Å²) >= 11 is 4.53. The number of para-hydroxylation sites is 1. The molecule has 4 rings (SSSR count). The summed E-state index contributed by atoms with van der Waals surface area (Å²) in [6.45, 7) is 1.94. The minimum Gasteiger partial charge on any atom is -0.254 e. The Labute approximate surface area is 165 Å². The number of fused-ring (bicyclic) bond motifs is 1. The molecule has 0 radical (unpaired) electrons. The first kappa shape index (κ1) is 17.6. The van der Waals surface area contributed by atoms with Crippen LogP contribution in [0.4, 0.5) is 5.69 Å². The summed E-state index contributed by atoms with van der Waals surface area (Å²) < 4.78 is 0. The fraction of sp³-hybridized carbons (Fsp3) is 0.167. The van der Waals surface area contributed by atoms with Gasteiger partial charge in [0.15, 0.2) is 0 Å². The van der Waals surface area contributed by atoms with Gasteiger partial charge in [-0.15, -0.1) is 0 Å². The van der Waals surface area contributed by atoms with Crippen LogP contribution in [-0.2, 0) is 5.41 Å². The van der Waals surface area contributed by atoms with E-state index in [4.69, 9.17) is 4.99 Å². The second-order valence-corrected chi connectivity index (χ2v) is 7.38. The smallest absolute Gasteiger partial charge is 0.103 e. The van der Waals surface area contributed by atoms with Gasteiger partial charge >= 0.3 is 0 Å². The van der Waals surface area contributed by atoms with E-state index in [0.717, 1.165) is 28.1 Å². The monoisotopic (exact) mass is 368 g/mol. The van der Waals surface area contributed by atoms with Crippen LogP contribution in [0.5, 0.6) is 0 Å². The van der Waals surface area contributed by atoms with E-state index in [9.17, 15) is 5.26 Å². The standard InChI is InChI=1S/C24H20N2S/c1-23(16-25,17-27)22-24(18-10-4-2-5-11-18,19-12-6-3-7-13-19)20-14-8-9-15-21(20)26-22/h2-15,27H,17H2,1H3. The highest BCUT2D eigenvalue weighted by molar-refractivity contribution is 7.80. The molecule has 0 aromatic heterocycles. The van der Waals surface area contributed by atoms with Crippen molar-refractivity contribution in [2.45, 2.75) is 12.3 Å². The summed E-state index contributed by atoms with van der Waals surface area (Å²) in [4.78, 5) is 5.02. The zero-order valence-electron chi connectivity index (χ0n) is 15.1. The summed E-state index contributed by atoms with van der Waals surface area (Å²) in [5.41, 5.74) is 3.70. The summed E-state index contributed by atoms with van der Waals surface area (Å²) in [7, 11) is 0. The van der Waals surface area contributed by atoms with Gasteiger partial charge in [0, 0.05) is 5.75 Å². The van der Waals surface area contributed by atoms with E-state index in [2.05, 4.69) is 49.0 Å². The van der Waals surface area contributed by atoms with Crippen molar-refractivity contribution in [1.29, 1.82) is 5.26 Å². The van der Waals surface area contributed by atoms with E-state index in [-0.39, 0.29) is 0 Å². The van der Waals surface area contributed by atoms with E-state index in [1.807, 2.05) is 61.5 Å². The molecule has 3 heteroatoms. The summed E-state index contributed by atoms with van der Waals surface area (Å²) in [5.74, 6) is 0.401. The molecule has 132 valence electrons. The van der Waals surface area contributed by atoms with Gasteiger partial charge in [-0.05, 0) is 29.7 Å². The Kier molecular flexibility index (Phi) is 4.37. The first-order valence-electron chi connectivity index (χ1n) is 8.99. The molecule has 1 aliphatic rings. The zero-order chi connectivity index (χ0) is 18.9. The van der Waals surface area contributed by atoms with Gasteiger partial charge in [0.2, 0.25) is 0 Å². The maximum atomic E-state index is 10.1. The van der Waals surface area contributed by atoms with Crippen molar-refractivity contribution in [2.24, 2.45) is 10.4 Å². The number of benzene rings is 3. The fourth-order valence-corrected chi connectivity index (χ4v) is 4.27. The number of hydrogen-bond donors (Lipinski definition) is 1. The normalized spacial score (nSPS) is 16.7. The number of aliphatic imine (C=N–C) groups is 1. The number of nitrogens with zero attached hydrogens (tertiary/aromatic N) is 2. The molecule has 1 unspecified atom stereocenters. The molecule has 0 aliphatic carbocycles. The lowest BCUT2D eigenvalue weighted by molar-refractivity contribution is 0.653. The Morgan fingerprint density at radius 3 is 1.93 bits per heavy atom. The van der Waals surface area contributed by atoms with Crippen LogP contribution in [0.25, 0.3) is 0 Å². The predicted octanol–water partition coefficient (Wildman–Crippen LogP) is 5.57. The highest BCUT2D eigenvalue weighted by atomic mass is 32.1. The van der Waals surface area contributed by atoms with E-state index in [1.165, 1.54) is 0 Å². The van der Waals surface area contributed by atoms with Crippen LogP contribution >= 0.6 is 12.6 Å². The average molecular weight is 369 g/mol. The van der Waals surface area contributed by atoms with Crippen molar-refractivity contribution in [3.05, 3.63) is 102 Å². The molecular weight excluding hydrogens is 348 g/mol. The van der Waals surface area contributed by atoms with Crippen LogP contribution in [0.1, 0.15) is 23.6 Å². The molecule has 0 amide bonds. The Morgan fingerprint density at radius 2 is 1.41 bits per heavy atom. The highest BCUT2D eigenvalue weighted by Gasteiger charge is 2.52. The highest BCUT2D eigenvalue weighted by Crippen LogP contribution is 2.53. The fourth-order valence-electron chi connectivity index (χ4n) is 4.05. The molecule has 0 saturated carbocycles. The molecule has 0 fully saturated rings. The molecule has 0 N–H and O–H groups in total. The van der Waals surface area contributed by atoms with E-state index in [1.54, 1.807) is 0 Å². The lowest BCUT2D eigenvalue weighted by Gasteiger charge is -2.38. The van der Waals surface area contributed by atoms with Gasteiger partial charge in [-0.2, -0.15) is 17.9 Å². The molecule has 2 nitrogen and oxygen atoms in total. The maximum absolute atomic E-state index is 10.1. The largest absolute Gasteiger partial charge is 0.254 e. The lowest BCUT2D eigenvalue weighted by atomic mass is 9.61. The van der Waals surface area contributed by atoms with Gasteiger partial charge in [-0.25, -0.2) is 0 Å². The molecule has 3 aromatic carbocycles. The molecule has 3 aromatic rings. The molecule has 27 heavy (non-hydrogen) atoms. The summed E-state index contributed by atoms with van der Waals surface area (Å²) in [5, 5.41) is 10.1. The van der Waals surface area contributed by atoms with Gasteiger partial charge in [-0.3, -0.25) is 4.99 Å². The Hall–Kier alpha value is -2.83. The quantitative estimate of drug-likeness (QED) is 0.601. The van der Waals surface area contributed by atoms with Crippen molar-refractivity contribution in [3.63, 3.8) is 0 Å². The van der Waals surface area contributed by atoms with E-state index >= 15 is 0 Å². The minimum absolute atomic E-state index is 0.401. The van der Waals surface area contributed by atoms with Crippen LogP contribution in [0, 0.1) is 16.7 Å². The molecule has 0 bridgehead atoms. The van der Waals surface area contributed by atoms with Crippen molar-refractivity contribution >= 4 is 24.0 Å². The SMILES string of the molecule is CC(C#N)(CS)C1=Nc2ccccc2C1(c1ccccc1)c1ccccc1. The predicted molar refractivity (Wildman–Crippen MR) is 114 cm³/mol. The summed E-state index contributed by atoms with van der Waals surface area (Å²) in [6, 6.07) is 31.4. The van der Waals surface area contributed by atoms with Crippen molar-refractivity contribution < 1.29 is 0 Å². The first-order valence-corrected chi connectivity index (χ1v) is 9.62. The maximum Gasteiger partial charge on any atom is 0.103 e. The number of rotatable bonds is 4.